The zero-order chi connectivity index (χ0) is 15.0. The standard InChI is InChI=1S/C15H17ClN4S/c1-9-5-7-17-14-13(9)19-12(4-6-16)20(14)11(3)15-18-10(2)8-21-15/h5,7-8,11H,4,6H2,1-3H3. The van der Waals surface area contributed by atoms with Crippen molar-refractivity contribution in [1.29, 1.82) is 0 Å². The molecular formula is C15H17ClN4S. The molecule has 0 bridgehead atoms. The fraction of sp³-hybridized carbons (Fsp3) is 0.400. The van der Waals surface area contributed by atoms with E-state index in [1.807, 2.05) is 19.2 Å². The first kappa shape index (κ1) is 14.5. The molecule has 0 aliphatic rings. The number of thiazole rings is 1. The van der Waals surface area contributed by atoms with Gasteiger partial charge in [-0.15, -0.1) is 22.9 Å². The van der Waals surface area contributed by atoms with Gasteiger partial charge < -0.3 is 4.57 Å². The number of hydrogen-bond acceptors (Lipinski definition) is 4. The van der Waals surface area contributed by atoms with Crippen molar-refractivity contribution in [3.63, 3.8) is 0 Å². The molecule has 0 aromatic carbocycles. The van der Waals surface area contributed by atoms with E-state index in [-0.39, 0.29) is 6.04 Å². The first-order valence-electron chi connectivity index (χ1n) is 6.92. The summed E-state index contributed by atoms with van der Waals surface area (Å²) in [6.07, 6.45) is 2.56. The molecule has 0 saturated heterocycles. The molecule has 110 valence electrons. The van der Waals surface area contributed by atoms with Gasteiger partial charge in [0.05, 0.1) is 6.04 Å². The quantitative estimate of drug-likeness (QED) is 0.685. The summed E-state index contributed by atoms with van der Waals surface area (Å²) >= 11 is 7.62. The van der Waals surface area contributed by atoms with E-state index in [0.29, 0.717) is 5.88 Å². The normalized spacial score (nSPS) is 13.0. The Labute approximate surface area is 132 Å². The third-order valence-corrected chi connectivity index (χ3v) is 4.88. The first-order valence-corrected chi connectivity index (χ1v) is 8.33. The van der Waals surface area contributed by atoms with E-state index in [9.17, 15) is 0 Å². The Morgan fingerprint density at radius 3 is 2.81 bits per heavy atom. The number of aryl methyl sites for hydroxylation is 3. The Balaban J connectivity index is 2.19. The van der Waals surface area contributed by atoms with Crippen LogP contribution < -0.4 is 0 Å². The topological polar surface area (TPSA) is 43.6 Å². The van der Waals surface area contributed by atoms with Crippen molar-refractivity contribution in [1.82, 2.24) is 19.5 Å². The third kappa shape index (κ3) is 2.56. The fourth-order valence-corrected chi connectivity index (χ4v) is 3.51. The molecule has 0 saturated carbocycles. The molecule has 1 atom stereocenters. The largest absolute Gasteiger partial charge is 0.303 e. The number of alkyl halides is 1. The van der Waals surface area contributed by atoms with Crippen LogP contribution in [0.5, 0.6) is 0 Å². The number of hydrogen-bond donors (Lipinski definition) is 0. The minimum absolute atomic E-state index is 0.112. The molecular weight excluding hydrogens is 304 g/mol. The summed E-state index contributed by atoms with van der Waals surface area (Å²) in [6, 6.07) is 2.10. The van der Waals surface area contributed by atoms with Crippen molar-refractivity contribution in [2.24, 2.45) is 0 Å². The second-order valence-corrected chi connectivity index (χ2v) is 6.41. The first-order chi connectivity index (χ1) is 10.1. The number of fused-ring (bicyclic) bond motifs is 1. The summed E-state index contributed by atoms with van der Waals surface area (Å²) in [5.74, 6) is 1.52. The molecule has 1 unspecified atom stereocenters. The summed E-state index contributed by atoms with van der Waals surface area (Å²) in [4.78, 5) is 13.9. The van der Waals surface area contributed by atoms with Gasteiger partial charge in [0.1, 0.15) is 16.3 Å². The van der Waals surface area contributed by atoms with Gasteiger partial charge >= 0.3 is 0 Å². The van der Waals surface area contributed by atoms with E-state index in [0.717, 1.165) is 39.7 Å². The van der Waals surface area contributed by atoms with Gasteiger partial charge in [0.15, 0.2) is 5.65 Å². The Hall–Kier alpha value is -1.46. The van der Waals surface area contributed by atoms with Crippen molar-refractivity contribution in [2.75, 3.05) is 5.88 Å². The Kier molecular flexibility index (Phi) is 3.95. The zero-order valence-electron chi connectivity index (χ0n) is 12.3. The number of halogens is 1. The van der Waals surface area contributed by atoms with Crippen molar-refractivity contribution in [3.05, 3.63) is 39.7 Å². The molecule has 3 rings (SSSR count). The van der Waals surface area contributed by atoms with E-state index in [4.69, 9.17) is 16.6 Å². The van der Waals surface area contributed by atoms with Crippen LogP contribution in [0.2, 0.25) is 0 Å². The Morgan fingerprint density at radius 2 is 2.14 bits per heavy atom. The predicted molar refractivity (Wildman–Crippen MR) is 87.4 cm³/mol. The monoisotopic (exact) mass is 320 g/mol. The average molecular weight is 321 g/mol. The molecule has 3 aromatic rings. The van der Waals surface area contributed by atoms with Crippen LogP contribution in [0.1, 0.15) is 35.1 Å². The second kappa shape index (κ2) is 5.73. The van der Waals surface area contributed by atoms with Crippen LogP contribution in [0.4, 0.5) is 0 Å². The summed E-state index contributed by atoms with van der Waals surface area (Å²) in [5, 5.41) is 3.15. The highest BCUT2D eigenvalue weighted by atomic mass is 35.5. The van der Waals surface area contributed by atoms with Gasteiger partial charge in [-0.05, 0) is 32.4 Å². The molecule has 21 heavy (non-hydrogen) atoms. The number of rotatable bonds is 4. The lowest BCUT2D eigenvalue weighted by Gasteiger charge is -2.14. The molecule has 3 heterocycles. The molecule has 0 aliphatic carbocycles. The van der Waals surface area contributed by atoms with Gasteiger partial charge in [-0.25, -0.2) is 15.0 Å². The van der Waals surface area contributed by atoms with Gasteiger partial charge in [0.25, 0.3) is 0 Å². The Bertz CT molecular complexity index is 777. The highest BCUT2D eigenvalue weighted by Gasteiger charge is 2.20. The Morgan fingerprint density at radius 1 is 1.33 bits per heavy atom. The molecule has 0 N–H and O–H groups in total. The lowest BCUT2D eigenvalue weighted by molar-refractivity contribution is 0.614. The average Bonchev–Trinajstić information content (AvgIpc) is 3.03. The zero-order valence-corrected chi connectivity index (χ0v) is 13.9. The van der Waals surface area contributed by atoms with Crippen LogP contribution in [0, 0.1) is 13.8 Å². The van der Waals surface area contributed by atoms with Gasteiger partial charge in [-0.2, -0.15) is 0 Å². The maximum Gasteiger partial charge on any atom is 0.160 e. The maximum absolute atomic E-state index is 5.94. The SMILES string of the molecule is Cc1csc(C(C)n2c(CCCl)nc3c(C)ccnc32)n1. The highest BCUT2D eigenvalue weighted by molar-refractivity contribution is 7.09. The van der Waals surface area contributed by atoms with Gasteiger partial charge in [-0.1, -0.05) is 0 Å². The smallest absolute Gasteiger partial charge is 0.160 e. The lowest BCUT2D eigenvalue weighted by Crippen LogP contribution is -2.11. The van der Waals surface area contributed by atoms with Crippen LogP contribution in [-0.2, 0) is 6.42 Å². The van der Waals surface area contributed by atoms with Crippen LogP contribution in [0.15, 0.2) is 17.6 Å². The van der Waals surface area contributed by atoms with Crippen LogP contribution in [0.3, 0.4) is 0 Å². The van der Waals surface area contributed by atoms with E-state index < -0.39 is 0 Å². The van der Waals surface area contributed by atoms with Gasteiger partial charge in [0.2, 0.25) is 0 Å². The van der Waals surface area contributed by atoms with Crippen LogP contribution in [-0.4, -0.2) is 25.4 Å². The van der Waals surface area contributed by atoms with E-state index in [1.165, 1.54) is 0 Å². The van der Waals surface area contributed by atoms with Crippen LogP contribution in [0.25, 0.3) is 11.2 Å². The van der Waals surface area contributed by atoms with E-state index in [1.54, 1.807) is 11.3 Å². The third-order valence-electron chi connectivity index (χ3n) is 3.55. The number of imidazole rings is 1. The summed E-state index contributed by atoms with van der Waals surface area (Å²) < 4.78 is 2.17. The molecule has 0 spiro atoms. The molecule has 0 amide bonds. The molecule has 6 heteroatoms. The molecule has 4 nitrogen and oxygen atoms in total. The van der Waals surface area contributed by atoms with Gasteiger partial charge in [0, 0.05) is 29.6 Å². The van der Waals surface area contributed by atoms with Crippen LogP contribution >= 0.6 is 22.9 Å². The van der Waals surface area contributed by atoms with Crippen molar-refractivity contribution >= 4 is 34.1 Å². The number of pyridine rings is 1. The molecule has 0 fully saturated rings. The minimum atomic E-state index is 0.112. The minimum Gasteiger partial charge on any atom is -0.303 e. The summed E-state index contributed by atoms with van der Waals surface area (Å²) in [5.41, 5.74) is 4.06. The van der Waals surface area contributed by atoms with Gasteiger partial charge in [-0.3, -0.25) is 0 Å². The molecule has 3 aromatic heterocycles. The predicted octanol–water partition coefficient (Wildman–Crippen LogP) is 3.90. The molecule has 0 aliphatic heterocycles. The summed E-state index contributed by atoms with van der Waals surface area (Å²) in [6.45, 7) is 6.21. The fourth-order valence-electron chi connectivity index (χ4n) is 2.50. The molecule has 0 radical (unpaired) electrons. The van der Waals surface area contributed by atoms with E-state index >= 15 is 0 Å². The number of aromatic nitrogens is 4. The highest BCUT2D eigenvalue weighted by Crippen LogP contribution is 2.28. The maximum atomic E-state index is 5.94. The van der Waals surface area contributed by atoms with Crippen molar-refractivity contribution < 1.29 is 0 Å². The number of nitrogens with zero attached hydrogens (tertiary/aromatic N) is 4. The van der Waals surface area contributed by atoms with Crippen molar-refractivity contribution in [2.45, 2.75) is 33.2 Å². The summed E-state index contributed by atoms with van der Waals surface area (Å²) in [7, 11) is 0. The lowest BCUT2D eigenvalue weighted by atomic mass is 10.2. The van der Waals surface area contributed by atoms with E-state index in [2.05, 4.69) is 33.8 Å². The van der Waals surface area contributed by atoms with Crippen molar-refractivity contribution in [3.8, 4) is 0 Å². The second-order valence-electron chi connectivity index (χ2n) is 5.14.